The maximum absolute atomic E-state index is 10.6. The molecule has 0 atom stereocenters. The quantitative estimate of drug-likeness (QED) is 0.494. The molecule has 0 bridgehead atoms. The third-order valence-electron chi connectivity index (χ3n) is 4.73. The predicted octanol–water partition coefficient (Wildman–Crippen LogP) is 6.27. The number of phenolic OH excluding ortho intramolecular Hbond substituents is 1. The van der Waals surface area contributed by atoms with E-state index in [1.165, 1.54) is 11.1 Å². The van der Waals surface area contributed by atoms with Crippen LogP contribution >= 0.6 is 12.6 Å². The number of benzene rings is 2. The fourth-order valence-corrected chi connectivity index (χ4v) is 3.51. The normalized spacial score (nSPS) is 11.4. The van der Waals surface area contributed by atoms with Crippen LogP contribution in [0.15, 0.2) is 48.0 Å². The van der Waals surface area contributed by atoms with Crippen molar-refractivity contribution in [3.05, 3.63) is 70.3 Å². The van der Waals surface area contributed by atoms with Gasteiger partial charge in [-0.25, -0.2) is 0 Å². The lowest BCUT2D eigenvalue weighted by atomic mass is 9.99. The van der Waals surface area contributed by atoms with Gasteiger partial charge in [0, 0.05) is 23.5 Å². The van der Waals surface area contributed by atoms with E-state index in [-0.39, 0.29) is 5.75 Å². The van der Waals surface area contributed by atoms with E-state index in [9.17, 15) is 5.11 Å². The van der Waals surface area contributed by atoms with Crippen molar-refractivity contribution in [1.82, 2.24) is 0 Å². The number of nitrogens with one attached hydrogen (secondary N) is 1. The standard InChI is InChI=1S/C23H30N2OS/c1-7-18-13-20(23(26)12-16(18)5)22(8-2)25(17(6)27)19-11-10-15(4)21(14-19)24-9-3/h8,10-14,24,26-27H,6-7,9H2,1-5H3/b22-8-. The number of rotatable bonds is 7. The molecule has 2 aromatic carbocycles. The average molecular weight is 383 g/mol. The predicted molar refractivity (Wildman–Crippen MR) is 122 cm³/mol. The molecule has 0 radical (unpaired) electrons. The highest BCUT2D eigenvalue weighted by Crippen LogP contribution is 2.37. The van der Waals surface area contributed by atoms with Crippen LogP contribution in [0.25, 0.3) is 5.70 Å². The molecule has 144 valence electrons. The molecular weight excluding hydrogens is 352 g/mol. The first-order chi connectivity index (χ1) is 12.8. The summed E-state index contributed by atoms with van der Waals surface area (Å²) in [6, 6.07) is 10.1. The molecule has 0 saturated carbocycles. The molecule has 0 fully saturated rings. The molecule has 2 rings (SSSR count). The highest BCUT2D eigenvalue weighted by atomic mass is 32.1. The monoisotopic (exact) mass is 382 g/mol. The summed E-state index contributed by atoms with van der Waals surface area (Å²) in [6.45, 7) is 15.2. The summed E-state index contributed by atoms with van der Waals surface area (Å²) in [7, 11) is 0. The van der Waals surface area contributed by atoms with Crippen molar-refractivity contribution in [2.45, 2.75) is 41.0 Å². The fourth-order valence-electron chi connectivity index (χ4n) is 3.29. The first kappa shape index (κ1) is 21.0. The van der Waals surface area contributed by atoms with E-state index in [0.717, 1.165) is 41.2 Å². The molecule has 27 heavy (non-hydrogen) atoms. The minimum absolute atomic E-state index is 0.261. The van der Waals surface area contributed by atoms with Crippen molar-refractivity contribution >= 4 is 29.7 Å². The van der Waals surface area contributed by atoms with Crippen LogP contribution in [0.1, 0.15) is 43.0 Å². The van der Waals surface area contributed by atoms with Gasteiger partial charge in [0.1, 0.15) is 5.75 Å². The Hall–Kier alpha value is -2.33. The second-order valence-corrected chi connectivity index (χ2v) is 7.12. The van der Waals surface area contributed by atoms with Gasteiger partial charge in [0.05, 0.1) is 10.7 Å². The molecule has 3 nitrogen and oxygen atoms in total. The fraction of sp³-hybridized carbons (Fsp3) is 0.304. The van der Waals surface area contributed by atoms with Crippen molar-refractivity contribution in [1.29, 1.82) is 0 Å². The van der Waals surface area contributed by atoms with Crippen LogP contribution in [0.3, 0.4) is 0 Å². The largest absolute Gasteiger partial charge is 0.507 e. The molecule has 4 heteroatoms. The molecular formula is C23H30N2OS. The second kappa shape index (κ2) is 9.05. The number of hydrogen-bond donors (Lipinski definition) is 3. The zero-order valence-corrected chi connectivity index (χ0v) is 17.8. The van der Waals surface area contributed by atoms with Crippen LogP contribution in [0.2, 0.25) is 0 Å². The molecule has 0 amide bonds. The highest BCUT2D eigenvalue weighted by molar-refractivity contribution is 7.84. The molecule has 0 saturated heterocycles. The SMILES string of the molecule is C=C(S)N(/C(=C\C)c1cc(CC)c(C)cc1O)c1ccc(C)c(NCC)c1. The summed E-state index contributed by atoms with van der Waals surface area (Å²) < 4.78 is 0. The molecule has 0 aromatic heterocycles. The third kappa shape index (κ3) is 4.51. The Kier molecular flexibility index (Phi) is 7.03. The molecule has 0 spiro atoms. The molecule has 2 aromatic rings. The van der Waals surface area contributed by atoms with Gasteiger partial charge in [-0.1, -0.05) is 25.6 Å². The summed E-state index contributed by atoms with van der Waals surface area (Å²) in [4.78, 5) is 1.97. The van der Waals surface area contributed by atoms with E-state index < -0.39 is 0 Å². The topological polar surface area (TPSA) is 35.5 Å². The highest BCUT2D eigenvalue weighted by Gasteiger charge is 2.19. The second-order valence-electron chi connectivity index (χ2n) is 6.60. The Balaban J connectivity index is 2.62. The molecule has 0 heterocycles. The number of hydrogen-bond acceptors (Lipinski definition) is 4. The van der Waals surface area contributed by atoms with Gasteiger partial charge in [-0.2, -0.15) is 0 Å². The van der Waals surface area contributed by atoms with Gasteiger partial charge in [-0.15, -0.1) is 12.6 Å². The van der Waals surface area contributed by atoms with E-state index in [4.69, 9.17) is 0 Å². The smallest absolute Gasteiger partial charge is 0.125 e. The van der Waals surface area contributed by atoms with Crippen molar-refractivity contribution in [2.24, 2.45) is 0 Å². The van der Waals surface area contributed by atoms with Crippen molar-refractivity contribution < 1.29 is 5.11 Å². The first-order valence-electron chi connectivity index (χ1n) is 9.35. The maximum Gasteiger partial charge on any atom is 0.125 e. The summed E-state index contributed by atoms with van der Waals surface area (Å²) in [5.41, 5.74) is 7.14. The van der Waals surface area contributed by atoms with Gasteiger partial charge >= 0.3 is 0 Å². The maximum atomic E-state index is 10.6. The van der Waals surface area contributed by atoms with E-state index in [0.29, 0.717) is 5.03 Å². The Labute approximate surface area is 168 Å². The lowest BCUT2D eigenvalue weighted by molar-refractivity contribution is 0.472. The van der Waals surface area contributed by atoms with Gasteiger partial charge in [0.15, 0.2) is 0 Å². The van der Waals surface area contributed by atoms with Gasteiger partial charge in [0.25, 0.3) is 0 Å². The Morgan fingerprint density at radius 2 is 1.89 bits per heavy atom. The number of aryl methyl sites for hydroxylation is 3. The minimum atomic E-state index is 0.261. The first-order valence-corrected chi connectivity index (χ1v) is 9.80. The molecule has 0 aliphatic heterocycles. The van der Waals surface area contributed by atoms with Crippen molar-refractivity contribution in [3.63, 3.8) is 0 Å². The number of aromatic hydroxyl groups is 1. The zero-order valence-electron chi connectivity index (χ0n) is 16.9. The lowest BCUT2D eigenvalue weighted by Crippen LogP contribution is -2.18. The van der Waals surface area contributed by atoms with Crippen LogP contribution in [0.5, 0.6) is 5.75 Å². The van der Waals surface area contributed by atoms with Crippen LogP contribution in [0.4, 0.5) is 11.4 Å². The number of phenols is 1. The average Bonchev–Trinajstić information content (AvgIpc) is 2.62. The van der Waals surface area contributed by atoms with Crippen molar-refractivity contribution in [2.75, 3.05) is 16.8 Å². The summed E-state index contributed by atoms with van der Waals surface area (Å²) >= 11 is 4.55. The Morgan fingerprint density at radius 1 is 1.19 bits per heavy atom. The summed E-state index contributed by atoms with van der Waals surface area (Å²) in [6.07, 6.45) is 2.89. The van der Waals surface area contributed by atoms with Gasteiger partial charge in [0.2, 0.25) is 0 Å². The Bertz CT molecular complexity index is 871. The van der Waals surface area contributed by atoms with Gasteiger partial charge in [-0.3, -0.25) is 0 Å². The summed E-state index contributed by atoms with van der Waals surface area (Å²) in [5.74, 6) is 0.261. The molecule has 0 aliphatic rings. The number of anilines is 2. The molecule has 2 N–H and O–H groups in total. The van der Waals surface area contributed by atoms with E-state index in [1.807, 2.05) is 37.0 Å². The van der Waals surface area contributed by atoms with Crippen LogP contribution in [-0.2, 0) is 6.42 Å². The molecule has 0 unspecified atom stereocenters. The van der Waals surface area contributed by atoms with E-state index in [1.54, 1.807) is 0 Å². The van der Waals surface area contributed by atoms with Crippen molar-refractivity contribution in [3.8, 4) is 5.75 Å². The minimum Gasteiger partial charge on any atom is -0.507 e. The van der Waals surface area contributed by atoms with Crippen LogP contribution < -0.4 is 10.2 Å². The number of nitrogens with zero attached hydrogens (tertiary/aromatic N) is 1. The van der Waals surface area contributed by atoms with Crippen LogP contribution in [0, 0.1) is 13.8 Å². The molecule has 0 aliphatic carbocycles. The Morgan fingerprint density at radius 3 is 2.44 bits per heavy atom. The third-order valence-corrected chi connectivity index (χ3v) is 4.93. The number of thiol groups is 1. The van der Waals surface area contributed by atoms with Crippen LogP contribution in [-0.4, -0.2) is 11.7 Å². The zero-order chi connectivity index (χ0) is 20.1. The van der Waals surface area contributed by atoms with Gasteiger partial charge in [-0.05, 0) is 75.1 Å². The van der Waals surface area contributed by atoms with E-state index in [2.05, 4.69) is 63.5 Å². The number of allylic oxidation sites excluding steroid dienone is 1. The van der Waals surface area contributed by atoms with E-state index >= 15 is 0 Å². The van der Waals surface area contributed by atoms with Gasteiger partial charge < -0.3 is 15.3 Å². The lowest BCUT2D eigenvalue weighted by Gasteiger charge is -2.29. The summed E-state index contributed by atoms with van der Waals surface area (Å²) in [5, 5.41) is 14.6.